The van der Waals surface area contributed by atoms with E-state index in [9.17, 15) is 0 Å². The van der Waals surface area contributed by atoms with Crippen LogP contribution in [0, 0.1) is 0 Å². The van der Waals surface area contributed by atoms with Crippen LogP contribution in [-0.2, 0) is 10.8 Å². The predicted molar refractivity (Wildman–Crippen MR) is 209 cm³/mol. The lowest BCUT2D eigenvalue weighted by molar-refractivity contribution is 0.655. The molecule has 1 heteroatoms. The van der Waals surface area contributed by atoms with Crippen LogP contribution >= 0.6 is 15.9 Å². The van der Waals surface area contributed by atoms with Crippen LogP contribution < -0.4 is 0 Å². The van der Waals surface area contributed by atoms with Gasteiger partial charge >= 0.3 is 0 Å². The fraction of sp³-hybridized carbons (Fsp3) is 0.174. The average Bonchev–Trinajstić information content (AvgIpc) is 3.46. The van der Waals surface area contributed by atoms with Crippen molar-refractivity contribution in [2.24, 2.45) is 0 Å². The summed E-state index contributed by atoms with van der Waals surface area (Å²) in [5.41, 5.74) is 15.3. The molecule has 2 aliphatic rings. The molecule has 6 aromatic carbocycles. The first-order valence-electron chi connectivity index (χ1n) is 16.7. The highest BCUT2D eigenvalue weighted by atomic mass is 79.9. The summed E-state index contributed by atoms with van der Waals surface area (Å²) in [4.78, 5) is 0. The van der Waals surface area contributed by atoms with Crippen LogP contribution in [0.2, 0.25) is 0 Å². The summed E-state index contributed by atoms with van der Waals surface area (Å²) < 4.78 is 1.08. The highest BCUT2D eigenvalue weighted by Crippen LogP contribution is 2.53. The van der Waals surface area contributed by atoms with Gasteiger partial charge < -0.3 is 0 Å². The molecule has 0 saturated heterocycles. The van der Waals surface area contributed by atoms with Crippen molar-refractivity contribution < 1.29 is 0 Å². The zero-order valence-electron chi connectivity index (χ0n) is 28.3. The molecule has 47 heavy (non-hydrogen) atoms. The maximum atomic E-state index is 4.16. The number of halogens is 1. The highest BCUT2D eigenvalue weighted by molar-refractivity contribution is 9.10. The van der Waals surface area contributed by atoms with Gasteiger partial charge in [-0.05, 0) is 113 Å². The van der Waals surface area contributed by atoms with E-state index in [2.05, 4.69) is 160 Å². The molecule has 0 unspecified atom stereocenters. The second-order valence-electron chi connectivity index (χ2n) is 13.5. The van der Waals surface area contributed by atoms with E-state index in [-0.39, 0.29) is 10.8 Å². The van der Waals surface area contributed by atoms with E-state index >= 15 is 0 Å². The summed E-state index contributed by atoms with van der Waals surface area (Å²) >= 11 is 3.83. The average molecular weight is 674 g/mol. The Bertz CT molecular complexity index is 2310. The molecule has 0 spiro atoms. The van der Waals surface area contributed by atoms with Gasteiger partial charge in [-0.3, -0.25) is 0 Å². The first-order chi connectivity index (χ1) is 22.7. The molecule has 0 heterocycles. The number of fused-ring (bicyclic) bond motifs is 6. The molecule has 8 rings (SSSR count). The molecule has 0 amide bonds. The minimum Gasteiger partial charge on any atom is -0.0987 e. The van der Waals surface area contributed by atoms with Gasteiger partial charge in [0, 0.05) is 15.3 Å². The zero-order chi connectivity index (χ0) is 33.2. The quantitative estimate of drug-likeness (QED) is 0.163. The fourth-order valence-corrected chi connectivity index (χ4v) is 8.66. The molecule has 6 aromatic rings. The first-order valence-corrected chi connectivity index (χ1v) is 17.5. The third-order valence-electron chi connectivity index (χ3n) is 10.5. The lowest BCUT2D eigenvalue weighted by Crippen LogP contribution is -2.16. The van der Waals surface area contributed by atoms with Crippen molar-refractivity contribution in [3.8, 4) is 33.4 Å². The molecular formula is C46H41Br. The van der Waals surface area contributed by atoms with Crippen molar-refractivity contribution in [3.05, 3.63) is 161 Å². The van der Waals surface area contributed by atoms with E-state index in [4.69, 9.17) is 0 Å². The monoisotopic (exact) mass is 672 g/mol. The standard InChI is InChI=1S/C44H35Br.C2H6/c1-7-29-31-20-17-26(23-39(31)43(3,4)37(29)8-2)41-33-14-9-10-15-34(33)42(36-25-28(45)19-22-35(36)41)27-18-21-32-30-13-11-12-16-38(30)44(5,6)40(32)24-27;1-2/h7-25H,1-2H2,3-6H3;1-2H3. The number of allylic oxidation sites excluding steroid dienone is 4. The third-order valence-corrected chi connectivity index (χ3v) is 11.0. The summed E-state index contributed by atoms with van der Waals surface area (Å²) in [5.74, 6) is 0. The van der Waals surface area contributed by atoms with Gasteiger partial charge in [0.2, 0.25) is 0 Å². The van der Waals surface area contributed by atoms with Gasteiger partial charge in [-0.15, -0.1) is 0 Å². The maximum absolute atomic E-state index is 4.16. The van der Waals surface area contributed by atoms with Crippen LogP contribution in [0.15, 0.2) is 138 Å². The molecule has 0 N–H and O–H groups in total. The Morgan fingerprint density at radius 1 is 0.511 bits per heavy atom. The van der Waals surface area contributed by atoms with Crippen molar-refractivity contribution in [1.82, 2.24) is 0 Å². The lowest BCUT2D eigenvalue weighted by Gasteiger charge is -2.24. The van der Waals surface area contributed by atoms with E-state index in [1.807, 2.05) is 26.0 Å². The van der Waals surface area contributed by atoms with Crippen LogP contribution in [-0.4, -0.2) is 0 Å². The highest BCUT2D eigenvalue weighted by Gasteiger charge is 2.37. The SMILES string of the molecule is C=CC1=C(C=C)C(C)(C)c2cc(-c3c4ccccc4c(-c4ccc5c(c4)C(C)(C)c4ccccc4-5)c4cc(Br)ccc34)ccc21.CC. The van der Waals surface area contributed by atoms with Crippen LogP contribution in [0.1, 0.15) is 63.8 Å². The fourth-order valence-electron chi connectivity index (χ4n) is 8.30. The van der Waals surface area contributed by atoms with Crippen molar-refractivity contribution in [1.29, 1.82) is 0 Å². The lowest BCUT2D eigenvalue weighted by atomic mass is 9.79. The largest absolute Gasteiger partial charge is 0.0987 e. The molecule has 0 aromatic heterocycles. The molecule has 0 bridgehead atoms. The molecule has 232 valence electrons. The topological polar surface area (TPSA) is 0 Å². The molecule has 0 nitrogen and oxygen atoms in total. The zero-order valence-corrected chi connectivity index (χ0v) is 29.8. The molecule has 0 fully saturated rings. The van der Waals surface area contributed by atoms with Crippen molar-refractivity contribution in [2.75, 3.05) is 0 Å². The summed E-state index contributed by atoms with van der Waals surface area (Å²) in [6.07, 6.45) is 3.99. The Balaban J connectivity index is 0.00000172. The van der Waals surface area contributed by atoms with Gasteiger partial charge in [-0.1, -0.05) is 162 Å². The molecule has 0 saturated carbocycles. The van der Waals surface area contributed by atoms with Crippen molar-refractivity contribution in [3.63, 3.8) is 0 Å². The second-order valence-corrected chi connectivity index (χ2v) is 14.5. The Morgan fingerprint density at radius 3 is 1.68 bits per heavy atom. The van der Waals surface area contributed by atoms with Gasteiger partial charge in [0.25, 0.3) is 0 Å². The third kappa shape index (κ3) is 4.47. The molecule has 2 aliphatic carbocycles. The normalized spacial score (nSPS) is 15.1. The second kappa shape index (κ2) is 11.4. The number of hydrogen-bond acceptors (Lipinski definition) is 0. The Morgan fingerprint density at radius 2 is 1.04 bits per heavy atom. The Hall–Kier alpha value is -4.46. The van der Waals surface area contributed by atoms with Crippen molar-refractivity contribution in [2.45, 2.75) is 52.4 Å². The van der Waals surface area contributed by atoms with Gasteiger partial charge in [0.05, 0.1) is 0 Å². The minimum absolute atomic E-state index is 0.0616. The molecule has 0 atom stereocenters. The Kier molecular flexibility index (Phi) is 7.53. The number of benzene rings is 6. The maximum Gasteiger partial charge on any atom is 0.0181 e. The first kappa shape index (κ1) is 31.2. The van der Waals surface area contributed by atoms with Crippen LogP contribution in [0.3, 0.4) is 0 Å². The van der Waals surface area contributed by atoms with Crippen LogP contribution in [0.5, 0.6) is 0 Å². The minimum atomic E-state index is -0.153. The van der Waals surface area contributed by atoms with Gasteiger partial charge in [0.15, 0.2) is 0 Å². The summed E-state index contributed by atoms with van der Waals surface area (Å²) in [6, 6.07) is 38.7. The van der Waals surface area contributed by atoms with Gasteiger partial charge in [0.1, 0.15) is 0 Å². The van der Waals surface area contributed by atoms with E-state index < -0.39 is 0 Å². The van der Waals surface area contributed by atoms with E-state index in [1.165, 1.54) is 88.3 Å². The smallest absolute Gasteiger partial charge is 0.0181 e. The number of hydrogen-bond donors (Lipinski definition) is 0. The predicted octanol–water partition coefficient (Wildman–Crippen LogP) is 13.8. The molecule has 0 aliphatic heterocycles. The van der Waals surface area contributed by atoms with Gasteiger partial charge in [-0.25, -0.2) is 0 Å². The van der Waals surface area contributed by atoms with Crippen LogP contribution in [0.25, 0.3) is 60.5 Å². The van der Waals surface area contributed by atoms with E-state index in [0.717, 1.165) is 4.47 Å². The number of rotatable bonds is 4. The van der Waals surface area contributed by atoms with Crippen LogP contribution in [0.4, 0.5) is 0 Å². The molecular weight excluding hydrogens is 632 g/mol. The van der Waals surface area contributed by atoms with Gasteiger partial charge in [-0.2, -0.15) is 0 Å². The molecule has 0 radical (unpaired) electrons. The van der Waals surface area contributed by atoms with E-state index in [0.29, 0.717) is 0 Å². The van der Waals surface area contributed by atoms with E-state index in [1.54, 1.807) is 0 Å². The summed E-state index contributed by atoms with van der Waals surface area (Å²) in [6.45, 7) is 21.6. The Labute approximate surface area is 288 Å². The van der Waals surface area contributed by atoms with Crippen molar-refractivity contribution >= 4 is 43.0 Å². The summed E-state index contributed by atoms with van der Waals surface area (Å²) in [5, 5.41) is 5.04. The summed E-state index contributed by atoms with van der Waals surface area (Å²) in [7, 11) is 0.